The third-order valence-electron chi connectivity index (χ3n) is 3.99. The fourth-order valence-electron chi connectivity index (χ4n) is 2.57. The summed E-state index contributed by atoms with van der Waals surface area (Å²) in [5.41, 5.74) is 0.754. The van der Waals surface area contributed by atoms with E-state index in [-0.39, 0.29) is 35.1 Å². The Labute approximate surface area is 173 Å². The minimum atomic E-state index is -3.40. The maximum absolute atomic E-state index is 12.2. The first kappa shape index (κ1) is 20.8. The van der Waals surface area contributed by atoms with Crippen LogP contribution in [0.1, 0.15) is 26.5 Å². The SMILES string of the molecule is O=C(OCCCS(=O)(=O)c1ccccc1)c1cccc(NC(=O)c2cccs2)c1. The van der Waals surface area contributed by atoms with Gasteiger partial charge in [-0.15, -0.1) is 11.3 Å². The molecule has 29 heavy (non-hydrogen) atoms. The Morgan fingerprint density at radius 2 is 1.76 bits per heavy atom. The lowest BCUT2D eigenvalue weighted by Gasteiger charge is -2.08. The zero-order chi connectivity index (χ0) is 20.7. The van der Waals surface area contributed by atoms with Crippen LogP contribution in [0.2, 0.25) is 0 Å². The average molecular weight is 430 g/mol. The third-order valence-corrected chi connectivity index (χ3v) is 6.68. The van der Waals surface area contributed by atoms with Crippen molar-refractivity contribution < 1.29 is 22.7 Å². The quantitative estimate of drug-likeness (QED) is 0.431. The van der Waals surface area contributed by atoms with Crippen molar-refractivity contribution in [2.45, 2.75) is 11.3 Å². The first-order valence-corrected chi connectivity index (χ1v) is 11.4. The summed E-state index contributed by atoms with van der Waals surface area (Å²) < 4.78 is 29.6. The number of rotatable bonds is 8. The predicted molar refractivity (Wildman–Crippen MR) is 112 cm³/mol. The first-order chi connectivity index (χ1) is 14.0. The molecular weight excluding hydrogens is 410 g/mol. The molecule has 0 fully saturated rings. The number of carbonyl (C=O) groups excluding carboxylic acids is 2. The molecule has 2 aromatic carbocycles. The highest BCUT2D eigenvalue weighted by atomic mass is 32.2. The summed E-state index contributed by atoms with van der Waals surface area (Å²) in [6, 6.07) is 18.1. The van der Waals surface area contributed by atoms with Crippen molar-refractivity contribution in [3.05, 3.63) is 82.6 Å². The molecule has 0 bridgehead atoms. The fraction of sp³-hybridized carbons (Fsp3) is 0.143. The monoisotopic (exact) mass is 429 g/mol. The first-order valence-electron chi connectivity index (χ1n) is 8.85. The number of nitrogens with one attached hydrogen (secondary N) is 1. The average Bonchev–Trinajstić information content (AvgIpc) is 3.27. The van der Waals surface area contributed by atoms with Crippen LogP contribution < -0.4 is 5.32 Å². The van der Waals surface area contributed by atoms with Gasteiger partial charge in [-0.1, -0.05) is 30.3 Å². The normalized spacial score (nSPS) is 11.0. The van der Waals surface area contributed by atoms with Gasteiger partial charge in [-0.3, -0.25) is 4.79 Å². The highest BCUT2D eigenvalue weighted by Crippen LogP contribution is 2.16. The van der Waals surface area contributed by atoms with E-state index < -0.39 is 15.8 Å². The maximum Gasteiger partial charge on any atom is 0.338 e. The second-order valence-corrected chi connectivity index (χ2v) is 9.19. The zero-order valence-electron chi connectivity index (χ0n) is 15.4. The number of benzene rings is 2. The summed E-state index contributed by atoms with van der Waals surface area (Å²) in [7, 11) is -3.40. The van der Waals surface area contributed by atoms with Gasteiger partial charge < -0.3 is 10.1 Å². The van der Waals surface area contributed by atoms with Gasteiger partial charge >= 0.3 is 5.97 Å². The molecule has 6 nitrogen and oxygen atoms in total. The lowest BCUT2D eigenvalue weighted by molar-refractivity contribution is 0.0505. The highest BCUT2D eigenvalue weighted by molar-refractivity contribution is 7.91. The molecule has 8 heteroatoms. The van der Waals surface area contributed by atoms with Crippen molar-refractivity contribution in [3.8, 4) is 0 Å². The van der Waals surface area contributed by atoms with Crippen molar-refractivity contribution in [2.24, 2.45) is 0 Å². The van der Waals surface area contributed by atoms with Crippen molar-refractivity contribution in [3.63, 3.8) is 0 Å². The van der Waals surface area contributed by atoms with Crippen LogP contribution in [0.3, 0.4) is 0 Å². The Balaban J connectivity index is 1.51. The molecule has 0 saturated heterocycles. The van der Waals surface area contributed by atoms with E-state index in [4.69, 9.17) is 4.74 Å². The van der Waals surface area contributed by atoms with E-state index in [0.29, 0.717) is 10.6 Å². The minimum Gasteiger partial charge on any atom is -0.462 e. The van der Waals surface area contributed by atoms with Crippen LogP contribution >= 0.6 is 11.3 Å². The second-order valence-electron chi connectivity index (χ2n) is 6.13. The molecule has 1 amide bonds. The molecule has 3 rings (SSSR count). The van der Waals surface area contributed by atoms with Crippen LogP contribution in [0.15, 0.2) is 77.0 Å². The smallest absolute Gasteiger partial charge is 0.338 e. The van der Waals surface area contributed by atoms with Crippen molar-refractivity contribution in [2.75, 3.05) is 17.7 Å². The lowest BCUT2D eigenvalue weighted by atomic mass is 10.2. The van der Waals surface area contributed by atoms with Crippen molar-refractivity contribution >= 4 is 38.7 Å². The van der Waals surface area contributed by atoms with Gasteiger partial charge in [-0.25, -0.2) is 13.2 Å². The molecule has 0 spiro atoms. The number of sulfone groups is 1. The summed E-state index contributed by atoms with van der Waals surface area (Å²) >= 11 is 1.32. The molecule has 1 N–H and O–H groups in total. The molecule has 0 radical (unpaired) electrons. The molecule has 1 aromatic heterocycles. The van der Waals surface area contributed by atoms with Gasteiger partial charge in [0.15, 0.2) is 9.84 Å². The number of thiophene rings is 1. The predicted octanol–water partition coefficient (Wildman–Crippen LogP) is 4.02. The standard InChI is InChI=1S/C21H19NO5S2/c23-20(19-11-5-13-28-19)22-17-8-4-7-16(15-17)21(24)27-12-6-14-29(25,26)18-9-2-1-3-10-18/h1-5,7-11,13,15H,6,12,14H2,(H,22,23). The van der Waals surface area contributed by atoms with Crippen LogP contribution in [0, 0.1) is 0 Å². The molecule has 0 aliphatic heterocycles. The molecule has 0 atom stereocenters. The Hall–Kier alpha value is -2.97. The van der Waals surface area contributed by atoms with E-state index in [1.54, 1.807) is 53.9 Å². The van der Waals surface area contributed by atoms with Gasteiger partial charge in [0.2, 0.25) is 0 Å². The number of carbonyl (C=O) groups is 2. The summed E-state index contributed by atoms with van der Waals surface area (Å²) in [6.07, 6.45) is 0.192. The maximum atomic E-state index is 12.2. The van der Waals surface area contributed by atoms with Crippen molar-refractivity contribution in [1.82, 2.24) is 0 Å². The van der Waals surface area contributed by atoms with Gasteiger partial charge in [-0.2, -0.15) is 0 Å². The molecule has 0 unspecified atom stereocenters. The largest absolute Gasteiger partial charge is 0.462 e. The molecule has 0 aliphatic carbocycles. The van der Waals surface area contributed by atoms with Crippen LogP contribution in [0.5, 0.6) is 0 Å². The van der Waals surface area contributed by atoms with E-state index in [2.05, 4.69) is 5.32 Å². The summed E-state index contributed by atoms with van der Waals surface area (Å²) in [5.74, 6) is -0.938. The highest BCUT2D eigenvalue weighted by Gasteiger charge is 2.15. The summed E-state index contributed by atoms with van der Waals surface area (Å²) in [5, 5.41) is 4.54. The van der Waals surface area contributed by atoms with E-state index in [0.717, 1.165) is 0 Å². The number of esters is 1. The van der Waals surface area contributed by atoms with Crippen LogP contribution in [-0.4, -0.2) is 32.7 Å². The summed E-state index contributed by atoms with van der Waals surface area (Å²) in [4.78, 5) is 25.1. The number of ether oxygens (including phenoxy) is 1. The number of hydrogen-bond donors (Lipinski definition) is 1. The topological polar surface area (TPSA) is 89.5 Å². The van der Waals surface area contributed by atoms with Crippen LogP contribution in [0.25, 0.3) is 0 Å². The summed E-state index contributed by atoms with van der Waals surface area (Å²) in [6.45, 7) is -0.0172. The van der Waals surface area contributed by atoms with Crippen LogP contribution in [0.4, 0.5) is 5.69 Å². The zero-order valence-corrected chi connectivity index (χ0v) is 17.0. The Bertz CT molecular complexity index is 1080. The Morgan fingerprint density at radius 1 is 0.966 bits per heavy atom. The van der Waals surface area contributed by atoms with Gasteiger partial charge in [0.05, 0.1) is 27.7 Å². The van der Waals surface area contributed by atoms with E-state index in [1.807, 2.05) is 0 Å². The molecule has 0 aliphatic rings. The van der Waals surface area contributed by atoms with Gasteiger partial charge in [0.1, 0.15) is 0 Å². The van der Waals surface area contributed by atoms with Gasteiger partial charge in [0, 0.05) is 5.69 Å². The van der Waals surface area contributed by atoms with Gasteiger partial charge in [0.25, 0.3) is 5.91 Å². The molecule has 1 heterocycles. The number of amides is 1. The molecule has 3 aromatic rings. The van der Waals surface area contributed by atoms with Crippen molar-refractivity contribution in [1.29, 1.82) is 0 Å². The Morgan fingerprint density at radius 3 is 2.48 bits per heavy atom. The second kappa shape index (κ2) is 9.49. The molecule has 150 valence electrons. The minimum absolute atomic E-state index is 0.0172. The lowest BCUT2D eigenvalue weighted by Crippen LogP contribution is -2.13. The molecule has 0 saturated carbocycles. The van der Waals surface area contributed by atoms with E-state index >= 15 is 0 Å². The van der Waals surface area contributed by atoms with Crippen LogP contribution in [-0.2, 0) is 14.6 Å². The number of anilines is 1. The van der Waals surface area contributed by atoms with E-state index in [1.165, 1.54) is 29.5 Å². The fourth-order valence-corrected chi connectivity index (χ4v) is 4.49. The Kier molecular flexibility index (Phi) is 6.79. The number of hydrogen-bond acceptors (Lipinski definition) is 6. The van der Waals surface area contributed by atoms with Gasteiger partial charge in [-0.05, 0) is 48.2 Å². The van der Waals surface area contributed by atoms with E-state index in [9.17, 15) is 18.0 Å². The third kappa shape index (κ3) is 5.75. The molecular formula is C21H19NO5S2.